The summed E-state index contributed by atoms with van der Waals surface area (Å²) in [6.45, 7) is 3.13. The first kappa shape index (κ1) is 16.2. The lowest BCUT2D eigenvalue weighted by Crippen LogP contribution is -2.22. The van der Waals surface area contributed by atoms with Gasteiger partial charge in [0.15, 0.2) is 0 Å². The SMILES string of the molecule is CNC(=O)c1ccc(CNCC(O)c2ccccc2C)cc1. The van der Waals surface area contributed by atoms with E-state index in [9.17, 15) is 9.90 Å². The maximum Gasteiger partial charge on any atom is 0.251 e. The second kappa shape index (κ2) is 7.73. The van der Waals surface area contributed by atoms with E-state index in [1.165, 1.54) is 0 Å². The van der Waals surface area contributed by atoms with E-state index < -0.39 is 6.10 Å². The molecule has 0 aliphatic carbocycles. The molecule has 4 heteroatoms. The highest BCUT2D eigenvalue weighted by atomic mass is 16.3. The summed E-state index contributed by atoms with van der Waals surface area (Å²) in [6.07, 6.45) is -0.522. The lowest BCUT2D eigenvalue weighted by atomic mass is 10.0. The quantitative estimate of drug-likeness (QED) is 0.766. The van der Waals surface area contributed by atoms with Crippen LogP contribution in [0.25, 0.3) is 0 Å². The summed E-state index contributed by atoms with van der Waals surface area (Å²) in [5, 5.41) is 16.0. The van der Waals surface area contributed by atoms with Gasteiger partial charge in [-0.05, 0) is 35.7 Å². The van der Waals surface area contributed by atoms with Crippen LogP contribution in [0, 0.1) is 6.92 Å². The Hall–Kier alpha value is -2.17. The predicted molar refractivity (Wildman–Crippen MR) is 87.7 cm³/mol. The molecule has 2 rings (SSSR count). The number of aryl methyl sites for hydroxylation is 1. The first-order valence-corrected chi connectivity index (χ1v) is 7.37. The molecule has 0 bridgehead atoms. The van der Waals surface area contributed by atoms with Crippen molar-refractivity contribution < 1.29 is 9.90 Å². The van der Waals surface area contributed by atoms with E-state index in [0.717, 1.165) is 16.7 Å². The number of amides is 1. The standard InChI is InChI=1S/C18H22N2O2/c1-13-5-3-4-6-16(13)17(21)12-20-11-14-7-9-15(10-8-14)18(22)19-2/h3-10,17,20-21H,11-12H2,1-2H3,(H,19,22). The minimum Gasteiger partial charge on any atom is -0.387 e. The molecular weight excluding hydrogens is 276 g/mol. The van der Waals surface area contributed by atoms with Crippen LogP contribution in [0.2, 0.25) is 0 Å². The average Bonchev–Trinajstić information content (AvgIpc) is 2.55. The number of carbonyl (C=O) groups excluding carboxylic acids is 1. The Morgan fingerprint density at radius 3 is 2.45 bits per heavy atom. The van der Waals surface area contributed by atoms with Crippen LogP contribution >= 0.6 is 0 Å². The molecule has 4 nitrogen and oxygen atoms in total. The molecule has 2 aromatic carbocycles. The van der Waals surface area contributed by atoms with E-state index in [-0.39, 0.29) is 5.91 Å². The van der Waals surface area contributed by atoms with Crippen molar-refractivity contribution in [2.45, 2.75) is 19.6 Å². The van der Waals surface area contributed by atoms with E-state index in [2.05, 4.69) is 10.6 Å². The molecule has 1 atom stereocenters. The molecule has 116 valence electrons. The van der Waals surface area contributed by atoms with Crippen molar-refractivity contribution in [2.75, 3.05) is 13.6 Å². The second-order valence-corrected chi connectivity index (χ2v) is 5.28. The fraction of sp³-hybridized carbons (Fsp3) is 0.278. The minimum atomic E-state index is -0.522. The number of aliphatic hydroxyl groups excluding tert-OH is 1. The highest BCUT2D eigenvalue weighted by molar-refractivity contribution is 5.93. The highest BCUT2D eigenvalue weighted by Gasteiger charge is 2.09. The first-order chi connectivity index (χ1) is 10.6. The molecule has 0 saturated carbocycles. The number of carbonyl (C=O) groups is 1. The first-order valence-electron chi connectivity index (χ1n) is 7.37. The Kier molecular flexibility index (Phi) is 5.69. The van der Waals surface area contributed by atoms with Crippen molar-refractivity contribution in [1.29, 1.82) is 0 Å². The van der Waals surface area contributed by atoms with Crippen LogP contribution in [0.3, 0.4) is 0 Å². The number of rotatable bonds is 6. The minimum absolute atomic E-state index is 0.0884. The van der Waals surface area contributed by atoms with Gasteiger partial charge < -0.3 is 15.7 Å². The van der Waals surface area contributed by atoms with Gasteiger partial charge in [0.25, 0.3) is 5.91 Å². The molecule has 3 N–H and O–H groups in total. The van der Waals surface area contributed by atoms with E-state index in [1.54, 1.807) is 19.2 Å². The summed E-state index contributed by atoms with van der Waals surface area (Å²) < 4.78 is 0. The average molecular weight is 298 g/mol. The fourth-order valence-corrected chi connectivity index (χ4v) is 2.34. The normalized spacial score (nSPS) is 12.0. The summed E-state index contributed by atoms with van der Waals surface area (Å²) in [5.74, 6) is -0.0884. The lowest BCUT2D eigenvalue weighted by molar-refractivity contribution is 0.0963. The molecule has 2 aromatic rings. The van der Waals surface area contributed by atoms with Crippen LogP contribution in [-0.2, 0) is 6.54 Å². The van der Waals surface area contributed by atoms with Crippen LogP contribution in [0.5, 0.6) is 0 Å². The summed E-state index contributed by atoms with van der Waals surface area (Å²) in [6, 6.07) is 15.3. The molecule has 1 amide bonds. The third kappa shape index (κ3) is 4.16. The van der Waals surface area contributed by atoms with E-state index in [0.29, 0.717) is 18.7 Å². The number of hydrogen-bond acceptors (Lipinski definition) is 3. The van der Waals surface area contributed by atoms with Crippen LogP contribution in [-0.4, -0.2) is 24.6 Å². The summed E-state index contributed by atoms with van der Waals surface area (Å²) in [7, 11) is 1.62. The van der Waals surface area contributed by atoms with Gasteiger partial charge in [0.05, 0.1) is 6.10 Å². The fourth-order valence-electron chi connectivity index (χ4n) is 2.34. The van der Waals surface area contributed by atoms with E-state index >= 15 is 0 Å². The molecular formula is C18H22N2O2. The Morgan fingerprint density at radius 2 is 1.82 bits per heavy atom. The van der Waals surface area contributed by atoms with Crippen molar-refractivity contribution in [3.8, 4) is 0 Å². The number of benzene rings is 2. The molecule has 1 unspecified atom stereocenters. The number of hydrogen-bond donors (Lipinski definition) is 3. The van der Waals surface area contributed by atoms with Crippen LogP contribution < -0.4 is 10.6 Å². The Balaban J connectivity index is 1.86. The topological polar surface area (TPSA) is 61.4 Å². The molecule has 0 radical (unpaired) electrons. The van der Waals surface area contributed by atoms with Crippen molar-refractivity contribution in [3.05, 3.63) is 70.8 Å². The Morgan fingerprint density at radius 1 is 1.14 bits per heavy atom. The predicted octanol–water partition coefficient (Wildman–Crippen LogP) is 2.18. The van der Waals surface area contributed by atoms with Gasteiger partial charge in [-0.1, -0.05) is 36.4 Å². The molecule has 0 aliphatic rings. The Bertz CT molecular complexity index is 623. The van der Waals surface area contributed by atoms with E-state index in [1.807, 2.05) is 43.3 Å². The summed E-state index contributed by atoms with van der Waals surface area (Å²) in [4.78, 5) is 11.5. The molecule has 0 heterocycles. The van der Waals surface area contributed by atoms with Crippen molar-refractivity contribution in [3.63, 3.8) is 0 Å². The Labute approximate surface area is 131 Å². The molecule has 0 fully saturated rings. The number of nitrogens with one attached hydrogen (secondary N) is 2. The smallest absolute Gasteiger partial charge is 0.251 e. The zero-order valence-electron chi connectivity index (χ0n) is 13.0. The van der Waals surface area contributed by atoms with Gasteiger partial charge in [-0.2, -0.15) is 0 Å². The molecule has 0 aromatic heterocycles. The van der Waals surface area contributed by atoms with Crippen molar-refractivity contribution in [2.24, 2.45) is 0 Å². The lowest BCUT2D eigenvalue weighted by Gasteiger charge is -2.14. The van der Waals surface area contributed by atoms with Crippen molar-refractivity contribution >= 4 is 5.91 Å². The monoisotopic (exact) mass is 298 g/mol. The van der Waals surface area contributed by atoms with Gasteiger partial charge in [0.2, 0.25) is 0 Å². The molecule has 22 heavy (non-hydrogen) atoms. The molecule has 0 spiro atoms. The van der Waals surface area contributed by atoms with Gasteiger partial charge in [-0.25, -0.2) is 0 Å². The van der Waals surface area contributed by atoms with Gasteiger partial charge >= 0.3 is 0 Å². The molecule has 0 aliphatic heterocycles. The molecule has 0 saturated heterocycles. The number of aliphatic hydroxyl groups is 1. The third-order valence-electron chi connectivity index (χ3n) is 3.66. The second-order valence-electron chi connectivity index (χ2n) is 5.28. The van der Waals surface area contributed by atoms with Gasteiger partial charge in [-0.15, -0.1) is 0 Å². The maximum atomic E-state index is 11.5. The van der Waals surface area contributed by atoms with Gasteiger partial charge in [-0.3, -0.25) is 4.79 Å². The zero-order valence-corrected chi connectivity index (χ0v) is 13.0. The summed E-state index contributed by atoms with van der Waals surface area (Å²) >= 11 is 0. The third-order valence-corrected chi connectivity index (χ3v) is 3.66. The van der Waals surface area contributed by atoms with Gasteiger partial charge in [0, 0.05) is 25.7 Å². The highest BCUT2D eigenvalue weighted by Crippen LogP contribution is 2.16. The zero-order chi connectivity index (χ0) is 15.9. The van der Waals surface area contributed by atoms with Crippen LogP contribution in [0.4, 0.5) is 0 Å². The van der Waals surface area contributed by atoms with Crippen LogP contribution in [0.1, 0.15) is 33.2 Å². The van der Waals surface area contributed by atoms with Gasteiger partial charge in [0.1, 0.15) is 0 Å². The maximum absolute atomic E-state index is 11.5. The van der Waals surface area contributed by atoms with E-state index in [4.69, 9.17) is 0 Å². The van der Waals surface area contributed by atoms with Crippen LogP contribution in [0.15, 0.2) is 48.5 Å². The van der Waals surface area contributed by atoms with Crippen molar-refractivity contribution in [1.82, 2.24) is 10.6 Å². The summed E-state index contributed by atoms with van der Waals surface area (Å²) in [5.41, 5.74) is 3.76. The largest absolute Gasteiger partial charge is 0.387 e.